The van der Waals surface area contributed by atoms with Crippen LogP contribution in [0.4, 0.5) is 0 Å². The van der Waals surface area contributed by atoms with Crippen molar-refractivity contribution in [3.63, 3.8) is 0 Å². The van der Waals surface area contributed by atoms with Gasteiger partial charge in [-0.3, -0.25) is 0 Å². The van der Waals surface area contributed by atoms with Gasteiger partial charge in [0.15, 0.2) is 0 Å². The maximum absolute atomic E-state index is 4.33. The van der Waals surface area contributed by atoms with E-state index < -0.39 is 0 Å². The van der Waals surface area contributed by atoms with Gasteiger partial charge in [0.25, 0.3) is 0 Å². The first-order valence-corrected chi connectivity index (χ1v) is 5.50. The van der Waals surface area contributed by atoms with E-state index in [4.69, 9.17) is 0 Å². The third-order valence-electron chi connectivity index (χ3n) is 2.55. The Morgan fingerprint density at radius 1 is 1.27 bits per heavy atom. The second-order valence-corrected chi connectivity index (χ2v) is 3.84. The van der Waals surface area contributed by atoms with E-state index in [0.29, 0.717) is 0 Å². The molecule has 0 radical (unpaired) electrons. The SMILES string of the molecule is CCCCC(CC)C(C)CS. The highest BCUT2D eigenvalue weighted by molar-refractivity contribution is 7.80. The van der Waals surface area contributed by atoms with Crippen molar-refractivity contribution in [2.24, 2.45) is 11.8 Å². The van der Waals surface area contributed by atoms with E-state index in [2.05, 4.69) is 33.4 Å². The summed E-state index contributed by atoms with van der Waals surface area (Å²) >= 11 is 4.33. The monoisotopic (exact) mass is 174 g/mol. The van der Waals surface area contributed by atoms with Crippen molar-refractivity contribution < 1.29 is 0 Å². The summed E-state index contributed by atoms with van der Waals surface area (Å²) in [5, 5.41) is 0. The summed E-state index contributed by atoms with van der Waals surface area (Å²) < 4.78 is 0. The van der Waals surface area contributed by atoms with Crippen LogP contribution in [-0.4, -0.2) is 5.75 Å². The van der Waals surface area contributed by atoms with Crippen LogP contribution < -0.4 is 0 Å². The number of hydrogen-bond acceptors (Lipinski definition) is 1. The minimum Gasteiger partial charge on any atom is -0.179 e. The molecule has 0 aliphatic carbocycles. The fraction of sp³-hybridized carbons (Fsp3) is 1.00. The Labute approximate surface area is 77.2 Å². The van der Waals surface area contributed by atoms with Crippen molar-refractivity contribution in [1.82, 2.24) is 0 Å². The van der Waals surface area contributed by atoms with E-state index in [1.807, 2.05) is 0 Å². The van der Waals surface area contributed by atoms with Crippen LogP contribution in [-0.2, 0) is 0 Å². The topological polar surface area (TPSA) is 0 Å². The Morgan fingerprint density at radius 2 is 1.91 bits per heavy atom. The molecule has 0 spiro atoms. The molecule has 0 aliphatic rings. The fourth-order valence-corrected chi connectivity index (χ4v) is 1.80. The van der Waals surface area contributed by atoms with E-state index >= 15 is 0 Å². The van der Waals surface area contributed by atoms with Gasteiger partial charge in [0, 0.05) is 0 Å². The Kier molecular flexibility index (Phi) is 7.25. The number of thiol groups is 1. The molecule has 0 bridgehead atoms. The van der Waals surface area contributed by atoms with Gasteiger partial charge in [-0.25, -0.2) is 0 Å². The quantitative estimate of drug-likeness (QED) is 0.582. The van der Waals surface area contributed by atoms with Crippen molar-refractivity contribution >= 4 is 12.6 Å². The molecule has 0 aromatic rings. The molecule has 0 saturated heterocycles. The second kappa shape index (κ2) is 7.02. The van der Waals surface area contributed by atoms with Gasteiger partial charge in [0.05, 0.1) is 0 Å². The summed E-state index contributed by atoms with van der Waals surface area (Å²) in [6.07, 6.45) is 5.43. The third-order valence-corrected chi connectivity index (χ3v) is 3.12. The first-order valence-electron chi connectivity index (χ1n) is 4.87. The Morgan fingerprint density at radius 3 is 2.27 bits per heavy atom. The van der Waals surface area contributed by atoms with Gasteiger partial charge >= 0.3 is 0 Å². The molecular weight excluding hydrogens is 152 g/mol. The largest absolute Gasteiger partial charge is 0.179 e. The number of unbranched alkanes of at least 4 members (excludes halogenated alkanes) is 1. The molecule has 0 fully saturated rings. The normalized spacial score (nSPS) is 16.4. The van der Waals surface area contributed by atoms with Crippen molar-refractivity contribution in [2.45, 2.75) is 46.5 Å². The second-order valence-electron chi connectivity index (χ2n) is 3.47. The summed E-state index contributed by atoms with van der Waals surface area (Å²) in [5.41, 5.74) is 0. The van der Waals surface area contributed by atoms with Crippen molar-refractivity contribution in [3.8, 4) is 0 Å². The smallest absolute Gasteiger partial charge is 0.00695 e. The van der Waals surface area contributed by atoms with E-state index in [0.717, 1.165) is 17.6 Å². The maximum Gasteiger partial charge on any atom is -0.00695 e. The van der Waals surface area contributed by atoms with Gasteiger partial charge in [-0.1, -0.05) is 46.5 Å². The Hall–Kier alpha value is 0.350. The standard InChI is InChI=1S/C10H22S/c1-4-6-7-10(5-2)9(3)8-11/h9-11H,4-8H2,1-3H3. The molecule has 2 atom stereocenters. The first-order chi connectivity index (χ1) is 5.26. The van der Waals surface area contributed by atoms with Crippen LogP contribution >= 0.6 is 12.6 Å². The predicted octanol–water partition coefficient (Wildman–Crippen LogP) is 3.77. The maximum atomic E-state index is 4.33. The van der Waals surface area contributed by atoms with E-state index in [9.17, 15) is 0 Å². The lowest BCUT2D eigenvalue weighted by Gasteiger charge is -2.20. The minimum atomic E-state index is 0.801. The van der Waals surface area contributed by atoms with Crippen LogP contribution in [0.15, 0.2) is 0 Å². The molecule has 0 aromatic carbocycles. The van der Waals surface area contributed by atoms with E-state index in [1.54, 1.807) is 0 Å². The predicted molar refractivity (Wildman–Crippen MR) is 56.3 cm³/mol. The molecule has 0 rings (SSSR count). The molecule has 1 heteroatoms. The van der Waals surface area contributed by atoms with Gasteiger partial charge in [0.1, 0.15) is 0 Å². The lowest BCUT2D eigenvalue weighted by Crippen LogP contribution is -2.12. The average molecular weight is 174 g/mol. The van der Waals surface area contributed by atoms with Crippen molar-refractivity contribution in [1.29, 1.82) is 0 Å². The van der Waals surface area contributed by atoms with Gasteiger partial charge in [-0.15, -0.1) is 0 Å². The Balaban J connectivity index is 3.56. The molecule has 0 heterocycles. The molecule has 0 N–H and O–H groups in total. The average Bonchev–Trinajstić information content (AvgIpc) is 2.05. The molecule has 0 aromatic heterocycles. The van der Waals surface area contributed by atoms with Crippen LogP contribution in [0.1, 0.15) is 46.5 Å². The summed E-state index contributed by atoms with van der Waals surface area (Å²) in [7, 11) is 0. The zero-order valence-electron chi connectivity index (χ0n) is 8.14. The molecule has 0 amide bonds. The zero-order chi connectivity index (χ0) is 8.69. The van der Waals surface area contributed by atoms with Crippen LogP contribution in [0.3, 0.4) is 0 Å². The van der Waals surface area contributed by atoms with Crippen LogP contribution in [0.25, 0.3) is 0 Å². The van der Waals surface area contributed by atoms with Crippen molar-refractivity contribution in [2.75, 3.05) is 5.75 Å². The lowest BCUT2D eigenvalue weighted by molar-refractivity contribution is 0.345. The molecule has 2 unspecified atom stereocenters. The minimum absolute atomic E-state index is 0.801. The number of hydrogen-bond donors (Lipinski definition) is 1. The molecule has 68 valence electrons. The summed E-state index contributed by atoms with van der Waals surface area (Å²) in [4.78, 5) is 0. The molecule has 0 saturated carbocycles. The van der Waals surface area contributed by atoms with Gasteiger partial charge in [-0.05, 0) is 17.6 Å². The van der Waals surface area contributed by atoms with E-state index in [-0.39, 0.29) is 0 Å². The van der Waals surface area contributed by atoms with E-state index in [1.165, 1.54) is 25.7 Å². The highest BCUT2D eigenvalue weighted by Crippen LogP contribution is 2.22. The number of rotatable bonds is 6. The summed E-state index contributed by atoms with van der Waals surface area (Å²) in [6.45, 7) is 6.87. The molecule has 0 aliphatic heterocycles. The zero-order valence-corrected chi connectivity index (χ0v) is 9.03. The van der Waals surface area contributed by atoms with Gasteiger partial charge in [0.2, 0.25) is 0 Å². The summed E-state index contributed by atoms with van der Waals surface area (Å²) in [6, 6.07) is 0. The first kappa shape index (κ1) is 11.4. The van der Waals surface area contributed by atoms with Crippen LogP contribution in [0, 0.1) is 11.8 Å². The van der Waals surface area contributed by atoms with Crippen molar-refractivity contribution in [3.05, 3.63) is 0 Å². The highest BCUT2D eigenvalue weighted by atomic mass is 32.1. The van der Waals surface area contributed by atoms with Gasteiger partial charge < -0.3 is 0 Å². The highest BCUT2D eigenvalue weighted by Gasteiger charge is 2.12. The fourth-order valence-electron chi connectivity index (χ4n) is 1.51. The molecule has 0 nitrogen and oxygen atoms in total. The Bertz CT molecular complexity index is 80.9. The third kappa shape index (κ3) is 4.73. The van der Waals surface area contributed by atoms with Crippen LogP contribution in [0.2, 0.25) is 0 Å². The molecule has 11 heavy (non-hydrogen) atoms. The van der Waals surface area contributed by atoms with Gasteiger partial charge in [-0.2, -0.15) is 12.6 Å². The molecular formula is C10H22S. The lowest BCUT2D eigenvalue weighted by atomic mass is 9.88. The summed E-state index contributed by atoms with van der Waals surface area (Å²) in [5.74, 6) is 2.75. The van der Waals surface area contributed by atoms with Crippen LogP contribution in [0.5, 0.6) is 0 Å².